The third-order valence-electron chi connectivity index (χ3n) is 4.25. The molecule has 0 aromatic carbocycles. The van der Waals surface area contributed by atoms with E-state index in [0.29, 0.717) is 26.4 Å². The van der Waals surface area contributed by atoms with Gasteiger partial charge in [0.1, 0.15) is 0 Å². The van der Waals surface area contributed by atoms with Crippen LogP contribution in [-0.4, -0.2) is 50.3 Å². The van der Waals surface area contributed by atoms with Crippen molar-refractivity contribution in [3.63, 3.8) is 0 Å². The van der Waals surface area contributed by atoms with Crippen LogP contribution < -0.4 is 0 Å². The number of hydrogen-bond donors (Lipinski definition) is 0. The van der Waals surface area contributed by atoms with Crippen LogP contribution >= 0.6 is 54.2 Å². The second-order valence-corrected chi connectivity index (χ2v) is 20.9. The fraction of sp³-hybridized carbons (Fsp3) is 1.00. The molecule has 0 amide bonds. The minimum absolute atomic E-state index is 0.653. The summed E-state index contributed by atoms with van der Waals surface area (Å²) in [5.74, 6) is 2.43. The van der Waals surface area contributed by atoms with Crippen LogP contribution in [0.2, 0.25) is 0 Å². The SMILES string of the molecule is CCOP(=S)(CCCCCCSSSSCCCCCCP(=S)(OCC)OCC)OCC. The molecule has 0 atom stereocenters. The van der Waals surface area contributed by atoms with E-state index in [4.69, 9.17) is 41.7 Å². The summed E-state index contributed by atoms with van der Waals surface area (Å²) in [6.45, 7) is 6.55. The molecular weight excluding hydrogens is 559 g/mol. The van der Waals surface area contributed by atoms with Gasteiger partial charge in [-0.25, -0.2) is 0 Å². The molecule has 32 heavy (non-hydrogen) atoms. The third-order valence-corrected chi connectivity index (χ3v) is 17.6. The topological polar surface area (TPSA) is 36.9 Å². The average Bonchev–Trinajstić information content (AvgIpc) is 2.74. The van der Waals surface area contributed by atoms with Gasteiger partial charge in [0.05, 0.1) is 26.4 Å². The summed E-state index contributed by atoms with van der Waals surface area (Å²) in [5.41, 5.74) is 0. The summed E-state index contributed by atoms with van der Waals surface area (Å²) in [6.07, 6.45) is 11.6. The van der Waals surface area contributed by atoms with Gasteiger partial charge in [0.15, 0.2) is 13.0 Å². The second kappa shape index (κ2) is 23.9. The fourth-order valence-electron chi connectivity index (χ4n) is 2.87. The van der Waals surface area contributed by atoms with E-state index in [1.54, 1.807) is 0 Å². The van der Waals surface area contributed by atoms with Crippen LogP contribution in [0.1, 0.15) is 79.1 Å². The van der Waals surface area contributed by atoms with Crippen LogP contribution in [-0.2, 0) is 41.7 Å². The van der Waals surface area contributed by atoms with E-state index in [9.17, 15) is 0 Å². The molecule has 0 unspecified atom stereocenters. The highest BCUT2D eigenvalue weighted by molar-refractivity contribution is 9.26. The van der Waals surface area contributed by atoms with E-state index in [0.717, 1.165) is 25.2 Å². The molecule has 0 aliphatic carbocycles. The smallest absolute Gasteiger partial charge is 0.188 e. The van der Waals surface area contributed by atoms with E-state index >= 15 is 0 Å². The van der Waals surface area contributed by atoms with Crippen molar-refractivity contribution in [2.24, 2.45) is 0 Å². The zero-order valence-electron chi connectivity index (χ0n) is 20.3. The van der Waals surface area contributed by atoms with Crippen LogP contribution in [0, 0.1) is 0 Å². The van der Waals surface area contributed by atoms with Crippen LogP contribution in [0.5, 0.6) is 0 Å². The lowest BCUT2D eigenvalue weighted by Crippen LogP contribution is -2.00. The first-order chi connectivity index (χ1) is 15.4. The molecule has 0 spiro atoms. The standard InChI is InChI=1S/C20H44O4P2S6/c1-5-21-25(27,22-6-2)17-13-9-11-15-19-29-31-32-30-20-16-12-10-14-18-26(28,23-7-3)24-8-4/h5-20H2,1-4H3. The Balaban J connectivity index is 3.44. The zero-order valence-corrected chi connectivity index (χ0v) is 27.0. The maximum Gasteiger partial charge on any atom is 0.188 e. The number of unbranched alkanes of at least 4 members (excludes halogenated alkanes) is 6. The predicted octanol–water partition coefficient (Wildman–Crippen LogP) is 9.55. The van der Waals surface area contributed by atoms with Gasteiger partial charge in [-0.3, -0.25) is 0 Å². The van der Waals surface area contributed by atoms with Crippen molar-refractivity contribution in [1.82, 2.24) is 0 Å². The first-order valence-electron chi connectivity index (χ1n) is 11.8. The lowest BCUT2D eigenvalue weighted by molar-refractivity contribution is 0.265. The second-order valence-electron chi connectivity index (χ2n) is 6.95. The summed E-state index contributed by atoms with van der Waals surface area (Å²) in [4.78, 5) is 0. The lowest BCUT2D eigenvalue weighted by atomic mass is 10.2. The van der Waals surface area contributed by atoms with E-state index < -0.39 is 13.0 Å². The molecule has 0 saturated heterocycles. The summed E-state index contributed by atoms with van der Waals surface area (Å²) in [5, 5.41) is 0. The Hall–Kier alpha value is 2.54. The van der Waals surface area contributed by atoms with Crippen LogP contribution in [0.4, 0.5) is 0 Å². The molecule has 4 nitrogen and oxygen atoms in total. The maximum atomic E-state index is 5.70. The Morgan fingerprint density at radius 1 is 0.500 bits per heavy atom. The molecule has 0 aromatic rings. The molecule has 0 rings (SSSR count). The highest BCUT2D eigenvalue weighted by atomic mass is 33.7. The van der Waals surface area contributed by atoms with Gasteiger partial charge >= 0.3 is 0 Å². The Kier molecular flexibility index (Phi) is 25.8. The van der Waals surface area contributed by atoms with Gasteiger partial charge in [-0.05, 0) is 96.6 Å². The summed E-state index contributed by atoms with van der Waals surface area (Å²) < 4.78 is 22.8. The largest absolute Gasteiger partial charge is 0.330 e. The maximum absolute atomic E-state index is 5.70. The molecule has 0 N–H and O–H groups in total. The fourth-order valence-corrected chi connectivity index (χ4v) is 14.6. The summed E-state index contributed by atoms with van der Waals surface area (Å²) >= 11 is 11.1. The van der Waals surface area contributed by atoms with Crippen molar-refractivity contribution in [2.75, 3.05) is 50.3 Å². The molecule has 0 heterocycles. The van der Waals surface area contributed by atoms with Gasteiger partial charge in [0.2, 0.25) is 0 Å². The molecular formula is C20H44O4P2S6. The van der Waals surface area contributed by atoms with Crippen molar-refractivity contribution >= 4 is 77.8 Å². The molecule has 0 aliphatic rings. The number of hydrogen-bond acceptors (Lipinski definition) is 10. The van der Waals surface area contributed by atoms with E-state index in [-0.39, 0.29) is 0 Å². The normalized spacial score (nSPS) is 12.5. The molecule has 194 valence electrons. The molecule has 0 radical (unpaired) electrons. The molecule has 0 saturated carbocycles. The average molecular weight is 603 g/mol. The molecule has 0 fully saturated rings. The molecule has 0 aromatic heterocycles. The van der Waals surface area contributed by atoms with E-state index in [1.165, 1.54) is 50.0 Å². The lowest BCUT2D eigenvalue weighted by Gasteiger charge is -2.20. The summed E-state index contributed by atoms with van der Waals surface area (Å²) in [7, 11) is 7.79. The Bertz CT molecular complexity index is 452. The third kappa shape index (κ3) is 20.7. The van der Waals surface area contributed by atoms with E-state index in [2.05, 4.69) is 0 Å². The van der Waals surface area contributed by atoms with Crippen LogP contribution in [0.15, 0.2) is 0 Å². The quantitative estimate of drug-likeness (QED) is 0.0573. The number of rotatable bonds is 25. The van der Waals surface area contributed by atoms with Gasteiger partial charge < -0.3 is 18.1 Å². The van der Waals surface area contributed by atoms with Crippen LogP contribution in [0.3, 0.4) is 0 Å². The first kappa shape index (κ1) is 34.5. The van der Waals surface area contributed by atoms with E-state index in [1.807, 2.05) is 68.9 Å². The summed E-state index contributed by atoms with van der Waals surface area (Å²) in [6, 6.07) is 0. The van der Waals surface area contributed by atoms with Crippen molar-refractivity contribution in [3.05, 3.63) is 0 Å². The van der Waals surface area contributed by atoms with Crippen molar-refractivity contribution in [1.29, 1.82) is 0 Å². The predicted molar refractivity (Wildman–Crippen MR) is 162 cm³/mol. The minimum atomic E-state index is -2.02. The highest BCUT2D eigenvalue weighted by Gasteiger charge is 2.17. The highest BCUT2D eigenvalue weighted by Crippen LogP contribution is 2.50. The Morgan fingerprint density at radius 2 is 0.812 bits per heavy atom. The van der Waals surface area contributed by atoms with Crippen LogP contribution in [0.25, 0.3) is 0 Å². The van der Waals surface area contributed by atoms with Gasteiger partial charge in [-0.1, -0.05) is 47.3 Å². The van der Waals surface area contributed by atoms with Crippen molar-refractivity contribution < 1.29 is 18.1 Å². The van der Waals surface area contributed by atoms with Crippen molar-refractivity contribution in [2.45, 2.75) is 79.1 Å². The molecule has 0 bridgehead atoms. The van der Waals surface area contributed by atoms with Crippen molar-refractivity contribution in [3.8, 4) is 0 Å². The zero-order chi connectivity index (χ0) is 24.0. The first-order valence-corrected chi connectivity index (χ1v) is 22.6. The monoisotopic (exact) mass is 602 g/mol. The van der Waals surface area contributed by atoms with Gasteiger partial charge in [0, 0.05) is 23.8 Å². The molecule has 0 aliphatic heterocycles. The Morgan fingerprint density at radius 3 is 1.12 bits per heavy atom. The Labute approximate surface area is 223 Å². The van der Waals surface area contributed by atoms with Gasteiger partial charge in [-0.2, -0.15) is 0 Å². The van der Waals surface area contributed by atoms with Gasteiger partial charge in [0.25, 0.3) is 0 Å². The van der Waals surface area contributed by atoms with Gasteiger partial charge in [-0.15, -0.1) is 0 Å². The molecule has 12 heteroatoms. The minimum Gasteiger partial charge on any atom is -0.330 e.